The number of nitrogens with two attached hydrogens (primary N) is 1. The van der Waals surface area contributed by atoms with Crippen molar-refractivity contribution < 1.29 is 4.79 Å². The molecule has 1 aliphatic carbocycles. The lowest BCUT2D eigenvalue weighted by atomic mass is 9.93. The Hall–Kier alpha value is -1.35. The molecule has 0 spiro atoms. The van der Waals surface area contributed by atoms with E-state index in [1.807, 2.05) is 0 Å². The van der Waals surface area contributed by atoms with Gasteiger partial charge in [-0.2, -0.15) is 0 Å². The Kier molecular flexibility index (Phi) is 2.73. The van der Waals surface area contributed by atoms with E-state index in [1.165, 1.54) is 6.20 Å². The van der Waals surface area contributed by atoms with Gasteiger partial charge in [-0.3, -0.25) is 4.79 Å². The van der Waals surface area contributed by atoms with Crippen molar-refractivity contribution in [1.82, 2.24) is 4.98 Å². The van der Waals surface area contributed by atoms with E-state index in [0.29, 0.717) is 17.3 Å². The molecule has 0 unspecified atom stereocenters. The summed E-state index contributed by atoms with van der Waals surface area (Å²) in [6.45, 7) is 0. The molecule has 15 heavy (non-hydrogen) atoms. The molecule has 2 rings (SSSR count). The molecule has 1 aliphatic rings. The van der Waals surface area contributed by atoms with E-state index in [1.54, 1.807) is 12.1 Å². The highest BCUT2D eigenvalue weighted by Crippen LogP contribution is 2.29. The number of hydrogen-bond donors (Lipinski definition) is 1. The first-order valence-corrected chi connectivity index (χ1v) is 5.19. The van der Waals surface area contributed by atoms with Crippen molar-refractivity contribution in [1.29, 1.82) is 0 Å². The van der Waals surface area contributed by atoms with Crippen LogP contribution < -0.4 is 5.73 Å². The van der Waals surface area contributed by atoms with E-state index >= 15 is 0 Å². The van der Waals surface area contributed by atoms with Crippen LogP contribution in [-0.2, 0) is 4.79 Å². The summed E-state index contributed by atoms with van der Waals surface area (Å²) >= 11 is 5.84. The number of pyridine rings is 1. The molecule has 1 aromatic heterocycles. The SMILES string of the molecule is Nc1ncc(Cl)cc1C1=CC(=O)CCC1. The van der Waals surface area contributed by atoms with Gasteiger partial charge in [-0.1, -0.05) is 11.6 Å². The van der Waals surface area contributed by atoms with Gasteiger partial charge in [0.15, 0.2) is 5.78 Å². The van der Waals surface area contributed by atoms with Gasteiger partial charge in [0.1, 0.15) is 5.82 Å². The summed E-state index contributed by atoms with van der Waals surface area (Å²) in [5.74, 6) is 0.580. The van der Waals surface area contributed by atoms with Crippen molar-refractivity contribution in [2.75, 3.05) is 5.73 Å². The molecular formula is C11H11ClN2O. The quantitative estimate of drug-likeness (QED) is 0.794. The van der Waals surface area contributed by atoms with Crippen molar-refractivity contribution in [2.45, 2.75) is 19.3 Å². The number of aromatic nitrogens is 1. The molecule has 78 valence electrons. The van der Waals surface area contributed by atoms with Crippen LogP contribution in [0, 0.1) is 0 Å². The largest absolute Gasteiger partial charge is 0.383 e. The van der Waals surface area contributed by atoms with Gasteiger partial charge in [-0.05, 0) is 30.6 Å². The van der Waals surface area contributed by atoms with Crippen molar-refractivity contribution >= 4 is 28.8 Å². The molecule has 0 fully saturated rings. The maximum Gasteiger partial charge on any atom is 0.155 e. The summed E-state index contributed by atoms with van der Waals surface area (Å²) in [6.07, 6.45) is 5.50. The molecule has 0 bridgehead atoms. The number of halogens is 1. The maximum atomic E-state index is 11.3. The Bertz CT molecular complexity index is 440. The Morgan fingerprint density at radius 3 is 2.93 bits per heavy atom. The van der Waals surface area contributed by atoms with Crippen LogP contribution in [0.3, 0.4) is 0 Å². The average molecular weight is 223 g/mol. The molecule has 0 atom stereocenters. The average Bonchev–Trinajstić information content (AvgIpc) is 2.22. The highest BCUT2D eigenvalue weighted by molar-refractivity contribution is 6.30. The zero-order valence-corrected chi connectivity index (χ0v) is 8.92. The molecule has 2 N–H and O–H groups in total. The number of allylic oxidation sites excluding steroid dienone is 2. The Morgan fingerprint density at radius 1 is 1.40 bits per heavy atom. The summed E-state index contributed by atoms with van der Waals surface area (Å²) in [6, 6.07) is 1.76. The monoisotopic (exact) mass is 222 g/mol. The van der Waals surface area contributed by atoms with Gasteiger partial charge in [0.05, 0.1) is 5.02 Å². The fraction of sp³-hybridized carbons (Fsp3) is 0.273. The van der Waals surface area contributed by atoms with E-state index in [2.05, 4.69) is 4.98 Å². The second-order valence-electron chi connectivity index (χ2n) is 3.58. The molecule has 0 saturated heterocycles. The second-order valence-corrected chi connectivity index (χ2v) is 4.01. The van der Waals surface area contributed by atoms with Crippen LogP contribution in [0.4, 0.5) is 5.82 Å². The minimum atomic E-state index is 0.149. The predicted octanol–water partition coefficient (Wildman–Crippen LogP) is 2.45. The molecule has 0 aromatic carbocycles. The molecule has 0 aliphatic heterocycles. The van der Waals surface area contributed by atoms with Gasteiger partial charge in [0.25, 0.3) is 0 Å². The van der Waals surface area contributed by atoms with E-state index in [0.717, 1.165) is 24.0 Å². The zero-order chi connectivity index (χ0) is 10.8. The van der Waals surface area contributed by atoms with E-state index < -0.39 is 0 Å². The van der Waals surface area contributed by atoms with Crippen LogP contribution in [-0.4, -0.2) is 10.8 Å². The Balaban J connectivity index is 2.44. The van der Waals surface area contributed by atoms with Crippen molar-refractivity contribution in [2.24, 2.45) is 0 Å². The number of carbonyl (C=O) groups excluding carboxylic acids is 1. The van der Waals surface area contributed by atoms with Crippen molar-refractivity contribution in [3.05, 3.63) is 28.9 Å². The lowest BCUT2D eigenvalue weighted by Crippen LogP contribution is -2.04. The molecule has 0 amide bonds. The molecule has 0 radical (unpaired) electrons. The van der Waals surface area contributed by atoms with Crippen LogP contribution >= 0.6 is 11.6 Å². The number of nitrogen functional groups attached to an aromatic ring is 1. The normalized spacial score (nSPS) is 16.3. The molecular weight excluding hydrogens is 212 g/mol. The first-order valence-electron chi connectivity index (χ1n) is 4.81. The number of carbonyl (C=O) groups is 1. The number of anilines is 1. The first kappa shape index (κ1) is 10.2. The minimum Gasteiger partial charge on any atom is -0.383 e. The lowest BCUT2D eigenvalue weighted by Gasteiger charge is -2.13. The number of rotatable bonds is 1. The molecule has 4 heteroatoms. The highest BCUT2D eigenvalue weighted by Gasteiger charge is 2.14. The van der Waals surface area contributed by atoms with E-state index in [-0.39, 0.29) is 5.78 Å². The summed E-state index contributed by atoms with van der Waals surface area (Å²) < 4.78 is 0. The smallest absolute Gasteiger partial charge is 0.155 e. The number of nitrogens with zero attached hydrogens (tertiary/aromatic N) is 1. The van der Waals surface area contributed by atoms with Crippen LogP contribution in [0.1, 0.15) is 24.8 Å². The minimum absolute atomic E-state index is 0.149. The fourth-order valence-corrected chi connectivity index (χ4v) is 1.87. The summed E-state index contributed by atoms with van der Waals surface area (Å²) in [4.78, 5) is 15.2. The van der Waals surface area contributed by atoms with Gasteiger partial charge in [-0.15, -0.1) is 0 Å². The molecule has 1 aromatic rings. The Labute approximate surface area is 92.9 Å². The topological polar surface area (TPSA) is 56.0 Å². The summed E-state index contributed by atoms with van der Waals surface area (Å²) in [5, 5.41) is 0.540. The van der Waals surface area contributed by atoms with Crippen molar-refractivity contribution in [3.8, 4) is 0 Å². The standard InChI is InChI=1S/C11H11ClN2O/c12-8-5-10(11(13)14-6-8)7-2-1-3-9(15)4-7/h4-6H,1-3H2,(H2,13,14). The second kappa shape index (κ2) is 4.03. The van der Waals surface area contributed by atoms with Gasteiger partial charge in [-0.25, -0.2) is 4.98 Å². The van der Waals surface area contributed by atoms with Gasteiger partial charge >= 0.3 is 0 Å². The Morgan fingerprint density at radius 2 is 2.20 bits per heavy atom. The summed E-state index contributed by atoms with van der Waals surface area (Å²) in [5.41, 5.74) is 7.47. The van der Waals surface area contributed by atoms with Gasteiger partial charge in [0, 0.05) is 18.2 Å². The third-order valence-electron chi connectivity index (χ3n) is 2.44. The van der Waals surface area contributed by atoms with Crippen molar-refractivity contribution in [3.63, 3.8) is 0 Å². The van der Waals surface area contributed by atoms with Gasteiger partial charge in [0.2, 0.25) is 0 Å². The summed E-state index contributed by atoms with van der Waals surface area (Å²) in [7, 11) is 0. The number of ketones is 1. The molecule has 3 nitrogen and oxygen atoms in total. The molecule has 0 saturated carbocycles. The van der Waals surface area contributed by atoms with Crippen LogP contribution in [0.25, 0.3) is 5.57 Å². The first-order chi connectivity index (χ1) is 7.16. The fourth-order valence-electron chi connectivity index (χ4n) is 1.71. The lowest BCUT2D eigenvalue weighted by molar-refractivity contribution is -0.114. The van der Waals surface area contributed by atoms with Crippen LogP contribution in [0.5, 0.6) is 0 Å². The van der Waals surface area contributed by atoms with E-state index in [9.17, 15) is 4.79 Å². The third-order valence-corrected chi connectivity index (χ3v) is 2.64. The maximum absolute atomic E-state index is 11.3. The van der Waals surface area contributed by atoms with Crippen LogP contribution in [0.2, 0.25) is 5.02 Å². The third kappa shape index (κ3) is 2.18. The molecule has 1 heterocycles. The van der Waals surface area contributed by atoms with Gasteiger partial charge < -0.3 is 5.73 Å². The number of hydrogen-bond acceptors (Lipinski definition) is 3. The predicted molar refractivity (Wildman–Crippen MR) is 60.5 cm³/mol. The van der Waals surface area contributed by atoms with Crippen LogP contribution in [0.15, 0.2) is 18.3 Å². The van der Waals surface area contributed by atoms with E-state index in [4.69, 9.17) is 17.3 Å². The highest BCUT2D eigenvalue weighted by atomic mass is 35.5. The zero-order valence-electron chi connectivity index (χ0n) is 8.16.